The molecule has 1 atom stereocenters. The number of rotatable bonds is 9. The van der Waals surface area contributed by atoms with Crippen LogP contribution in [0.5, 0.6) is 0 Å². The number of amides is 2. The van der Waals surface area contributed by atoms with Gasteiger partial charge in [-0.1, -0.05) is 43.3 Å². The van der Waals surface area contributed by atoms with Gasteiger partial charge in [-0.3, -0.25) is 4.79 Å². The third kappa shape index (κ3) is 10.4. The normalized spacial score (nSPS) is 13.0. The molecule has 1 unspecified atom stereocenters. The van der Waals surface area contributed by atoms with Crippen LogP contribution in [0.1, 0.15) is 52.2 Å². The Morgan fingerprint density at radius 1 is 1.21 bits per heavy atom. The Kier molecular flexibility index (Phi) is 9.44. The number of benzene rings is 1. The van der Waals surface area contributed by atoms with E-state index in [2.05, 4.69) is 15.8 Å². The maximum absolute atomic E-state index is 12.0. The minimum absolute atomic E-state index is 0.0799. The molecule has 0 saturated heterocycles. The topological polar surface area (TPSA) is 115 Å². The maximum Gasteiger partial charge on any atom is 0.408 e. The molecule has 1 aromatic rings. The average Bonchev–Trinajstić information content (AvgIpc) is 2.58. The molecule has 0 aliphatic carbocycles. The van der Waals surface area contributed by atoms with E-state index in [9.17, 15) is 9.59 Å². The van der Waals surface area contributed by atoms with Crippen LogP contribution in [-0.2, 0) is 20.9 Å². The molecule has 1 rings (SSSR count). The quantitative estimate of drug-likeness (QED) is 0.331. The van der Waals surface area contributed by atoms with Crippen LogP contribution in [0.25, 0.3) is 0 Å². The van der Waals surface area contributed by atoms with Crippen molar-refractivity contribution >= 4 is 17.8 Å². The maximum atomic E-state index is 12.0. The van der Waals surface area contributed by atoms with E-state index in [1.54, 1.807) is 20.8 Å². The standard InChI is InChI=1S/C21H34N4O4/c1-14(2)11-17(24-20(27)29-21(4,5)6)19(22)25-28-13-18(26)23-12-16-10-8-7-9-15(16)3/h7-10,14,17H,11-13H2,1-6H3,(H2,22,25)(H,23,26)(H,24,27). The molecule has 162 valence electrons. The van der Waals surface area contributed by atoms with Crippen molar-refractivity contribution in [3.63, 3.8) is 0 Å². The predicted molar refractivity (Wildman–Crippen MR) is 113 cm³/mol. The van der Waals surface area contributed by atoms with Crippen LogP contribution < -0.4 is 16.4 Å². The Morgan fingerprint density at radius 2 is 1.86 bits per heavy atom. The van der Waals surface area contributed by atoms with Crippen LogP contribution in [0, 0.1) is 12.8 Å². The molecule has 1 aromatic carbocycles. The summed E-state index contributed by atoms with van der Waals surface area (Å²) in [6.45, 7) is 11.4. The first kappa shape index (κ1) is 24.3. The van der Waals surface area contributed by atoms with Crippen molar-refractivity contribution < 1.29 is 19.2 Å². The predicted octanol–water partition coefficient (Wildman–Crippen LogP) is 2.84. The molecule has 0 radical (unpaired) electrons. The van der Waals surface area contributed by atoms with E-state index in [1.165, 1.54) is 0 Å². The number of carbonyl (C=O) groups excluding carboxylic acids is 2. The smallest absolute Gasteiger partial charge is 0.408 e. The van der Waals surface area contributed by atoms with Crippen molar-refractivity contribution in [2.45, 2.75) is 66.2 Å². The number of nitrogens with zero attached hydrogens (tertiary/aromatic N) is 1. The molecule has 0 aliphatic heterocycles. The highest BCUT2D eigenvalue weighted by atomic mass is 16.6. The zero-order valence-corrected chi connectivity index (χ0v) is 18.2. The Labute approximate surface area is 173 Å². The number of alkyl carbamates (subject to hydrolysis) is 1. The van der Waals surface area contributed by atoms with Crippen molar-refractivity contribution in [2.75, 3.05) is 6.61 Å². The molecule has 0 saturated carbocycles. The fourth-order valence-corrected chi connectivity index (χ4v) is 2.46. The molecule has 8 heteroatoms. The van der Waals surface area contributed by atoms with Gasteiger partial charge in [-0.15, -0.1) is 0 Å². The molecular formula is C21H34N4O4. The summed E-state index contributed by atoms with van der Waals surface area (Å²) in [5, 5.41) is 9.27. The highest BCUT2D eigenvalue weighted by Gasteiger charge is 2.23. The summed E-state index contributed by atoms with van der Waals surface area (Å²) in [6.07, 6.45) is -0.0329. The molecular weight excluding hydrogens is 372 g/mol. The van der Waals surface area contributed by atoms with Gasteiger partial charge in [0.05, 0.1) is 6.04 Å². The van der Waals surface area contributed by atoms with Gasteiger partial charge < -0.3 is 25.9 Å². The molecule has 0 aromatic heterocycles. The van der Waals surface area contributed by atoms with Crippen molar-refractivity contribution in [1.29, 1.82) is 0 Å². The van der Waals surface area contributed by atoms with Gasteiger partial charge >= 0.3 is 6.09 Å². The van der Waals surface area contributed by atoms with Gasteiger partial charge in [0.2, 0.25) is 0 Å². The van der Waals surface area contributed by atoms with Gasteiger partial charge in [-0.05, 0) is 51.2 Å². The first-order chi connectivity index (χ1) is 13.5. The van der Waals surface area contributed by atoms with Crippen LogP contribution in [0.15, 0.2) is 29.4 Å². The summed E-state index contributed by atoms with van der Waals surface area (Å²) in [5.74, 6) is 0.0164. The summed E-state index contributed by atoms with van der Waals surface area (Å²) >= 11 is 0. The van der Waals surface area contributed by atoms with Crippen molar-refractivity contribution in [3.8, 4) is 0 Å². The van der Waals surface area contributed by atoms with E-state index in [4.69, 9.17) is 15.3 Å². The number of nitrogens with one attached hydrogen (secondary N) is 2. The third-order valence-electron chi connectivity index (χ3n) is 3.86. The third-order valence-corrected chi connectivity index (χ3v) is 3.86. The van der Waals surface area contributed by atoms with Crippen LogP contribution in [0.4, 0.5) is 4.79 Å². The van der Waals surface area contributed by atoms with E-state index in [0.29, 0.717) is 13.0 Å². The van der Waals surface area contributed by atoms with E-state index < -0.39 is 17.7 Å². The number of hydrogen-bond donors (Lipinski definition) is 3. The number of aryl methyl sites for hydroxylation is 1. The molecule has 0 aliphatic rings. The van der Waals surface area contributed by atoms with Crippen molar-refractivity contribution in [3.05, 3.63) is 35.4 Å². The SMILES string of the molecule is Cc1ccccc1CNC(=O)CO/N=C(\N)C(CC(C)C)NC(=O)OC(C)(C)C. The van der Waals surface area contributed by atoms with Crippen molar-refractivity contribution in [1.82, 2.24) is 10.6 Å². The molecule has 0 fully saturated rings. The average molecular weight is 407 g/mol. The number of nitrogens with two attached hydrogens (primary N) is 1. The first-order valence-corrected chi connectivity index (χ1v) is 9.74. The monoisotopic (exact) mass is 406 g/mol. The van der Waals surface area contributed by atoms with Crippen LogP contribution in [-0.4, -0.2) is 36.1 Å². The zero-order valence-electron chi connectivity index (χ0n) is 18.2. The molecule has 2 amide bonds. The number of amidine groups is 1. The lowest BCUT2D eigenvalue weighted by atomic mass is 10.0. The van der Waals surface area contributed by atoms with E-state index in [-0.39, 0.29) is 24.3 Å². The van der Waals surface area contributed by atoms with Crippen LogP contribution in [0.2, 0.25) is 0 Å². The Bertz CT molecular complexity index is 711. The van der Waals surface area contributed by atoms with Crippen LogP contribution >= 0.6 is 0 Å². The number of oxime groups is 1. The summed E-state index contributed by atoms with van der Waals surface area (Å²) in [6, 6.07) is 7.24. The lowest BCUT2D eigenvalue weighted by Gasteiger charge is -2.24. The van der Waals surface area contributed by atoms with E-state index in [1.807, 2.05) is 45.0 Å². The van der Waals surface area contributed by atoms with Crippen LogP contribution in [0.3, 0.4) is 0 Å². The molecule has 0 heterocycles. The Hall–Kier alpha value is -2.77. The first-order valence-electron chi connectivity index (χ1n) is 9.74. The van der Waals surface area contributed by atoms with Gasteiger partial charge in [-0.2, -0.15) is 0 Å². The van der Waals surface area contributed by atoms with E-state index >= 15 is 0 Å². The molecule has 29 heavy (non-hydrogen) atoms. The second-order valence-electron chi connectivity index (χ2n) is 8.32. The molecule has 8 nitrogen and oxygen atoms in total. The highest BCUT2D eigenvalue weighted by Crippen LogP contribution is 2.10. The van der Waals surface area contributed by atoms with Gasteiger partial charge in [0.15, 0.2) is 12.4 Å². The molecule has 0 spiro atoms. The number of hydrogen-bond acceptors (Lipinski definition) is 5. The second kappa shape index (κ2) is 11.3. The van der Waals surface area contributed by atoms with Gasteiger partial charge in [0.1, 0.15) is 5.60 Å². The fraction of sp³-hybridized carbons (Fsp3) is 0.571. The minimum atomic E-state index is -0.621. The summed E-state index contributed by atoms with van der Waals surface area (Å²) in [7, 11) is 0. The highest BCUT2D eigenvalue weighted by molar-refractivity contribution is 5.88. The van der Waals surface area contributed by atoms with Gasteiger partial charge in [-0.25, -0.2) is 4.79 Å². The second-order valence-corrected chi connectivity index (χ2v) is 8.32. The largest absolute Gasteiger partial charge is 0.444 e. The van der Waals surface area contributed by atoms with Gasteiger partial charge in [0, 0.05) is 6.54 Å². The summed E-state index contributed by atoms with van der Waals surface area (Å²) in [5.41, 5.74) is 7.48. The van der Waals surface area contributed by atoms with E-state index in [0.717, 1.165) is 11.1 Å². The van der Waals surface area contributed by atoms with Crippen molar-refractivity contribution in [2.24, 2.45) is 16.8 Å². The molecule has 0 bridgehead atoms. The summed E-state index contributed by atoms with van der Waals surface area (Å²) in [4.78, 5) is 29.1. The molecule has 4 N–H and O–H groups in total. The Balaban J connectivity index is 2.55. The Morgan fingerprint density at radius 3 is 2.45 bits per heavy atom. The van der Waals surface area contributed by atoms with Gasteiger partial charge in [0.25, 0.3) is 5.91 Å². The number of ether oxygens (including phenoxy) is 1. The zero-order chi connectivity index (χ0) is 22.0. The minimum Gasteiger partial charge on any atom is -0.444 e. The fourth-order valence-electron chi connectivity index (χ4n) is 2.46. The lowest BCUT2D eigenvalue weighted by Crippen LogP contribution is -2.47. The number of carbonyl (C=O) groups is 2. The lowest BCUT2D eigenvalue weighted by molar-refractivity contribution is -0.125. The summed E-state index contributed by atoms with van der Waals surface area (Å²) < 4.78 is 5.26.